The zero-order valence-corrected chi connectivity index (χ0v) is 10.7. The summed E-state index contributed by atoms with van der Waals surface area (Å²) in [5.41, 5.74) is -0.125. The van der Waals surface area contributed by atoms with Crippen molar-refractivity contribution >= 4 is 5.91 Å². The van der Waals surface area contributed by atoms with Gasteiger partial charge < -0.3 is 4.90 Å². The lowest BCUT2D eigenvalue weighted by molar-refractivity contribution is -0.182. The van der Waals surface area contributed by atoms with E-state index in [2.05, 4.69) is 0 Å². The van der Waals surface area contributed by atoms with Crippen molar-refractivity contribution in [2.45, 2.75) is 38.7 Å². The van der Waals surface area contributed by atoms with Crippen LogP contribution in [0.4, 0.5) is 17.6 Å². The third-order valence-corrected chi connectivity index (χ3v) is 3.07. The molecule has 7 heteroatoms. The highest BCUT2D eigenvalue weighted by Gasteiger charge is 2.51. The summed E-state index contributed by atoms with van der Waals surface area (Å²) in [6, 6.07) is 0. The van der Waals surface area contributed by atoms with Crippen molar-refractivity contribution in [1.29, 1.82) is 0 Å². The third kappa shape index (κ3) is 3.13. The van der Waals surface area contributed by atoms with Gasteiger partial charge in [-0.2, -0.15) is 8.78 Å². The minimum Gasteiger partial charge on any atom is -0.335 e. The van der Waals surface area contributed by atoms with Gasteiger partial charge in [0.2, 0.25) is 0 Å². The highest BCUT2D eigenvalue weighted by molar-refractivity contribution is 5.84. The summed E-state index contributed by atoms with van der Waals surface area (Å²) in [6.45, 7) is 6.84. The Kier molecular flexibility index (Phi) is 4.25. The first-order chi connectivity index (χ1) is 8.06. The molecule has 1 amide bonds. The predicted octanol–water partition coefficient (Wildman–Crippen LogP) is 1.83. The van der Waals surface area contributed by atoms with Gasteiger partial charge in [-0.25, -0.2) is 8.78 Å². The summed E-state index contributed by atoms with van der Waals surface area (Å²) in [5, 5.41) is 0. The van der Waals surface area contributed by atoms with Crippen molar-refractivity contribution in [3.63, 3.8) is 0 Å². The zero-order chi connectivity index (χ0) is 14.1. The number of amides is 1. The summed E-state index contributed by atoms with van der Waals surface area (Å²) >= 11 is 0. The van der Waals surface area contributed by atoms with E-state index in [-0.39, 0.29) is 18.6 Å². The first kappa shape index (κ1) is 15.2. The molecule has 0 aliphatic carbocycles. The molecular weight excluding hydrogens is 252 g/mol. The van der Waals surface area contributed by atoms with Crippen molar-refractivity contribution in [2.24, 2.45) is 0 Å². The molecule has 3 nitrogen and oxygen atoms in total. The minimum atomic E-state index is -4.58. The molecule has 1 heterocycles. The Bertz CT molecular complexity index is 307. The van der Waals surface area contributed by atoms with E-state index in [9.17, 15) is 22.4 Å². The Balaban J connectivity index is 2.61. The van der Waals surface area contributed by atoms with Gasteiger partial charge in [0, 0.05) is 31.7 Å². The molecule has 1 fully saturated rings. The molecule has 0 unspecified atom stereocenters. The quantitative estimate of drug-likeness (QED) is 0.715. The Morgan fingerprint density at radius 3 is 1.83 bits per heavy atom. The lowest BCUT2D eigenvalue weighted by Crippen LogP contribution is -2.58. The van der Waals surface area contributed by atoms with Gasteiger partial charge in [-0.1, -0.05) is 0 Å². The van der Waals surface area contributed by atoms with E-state index < -0.39 is 18.3 Å². The number of carbonyl (C=O) groups excluding carboxylic acids is 1. The molecule has 18 heavy (non-hydrogen) atoms. The number of nitrogens with zero attached hydrogens (tertiary/aromatic N) is 2. The van der Waals surface area contributed by atoms with E-state index >= 15 is 0 Å². The van der Waals surface area contributed by atoms with Gasteiger partial charge in [0.05, 0.1) is 0 Å². The number of halogens is 4. The lowest BCUT2D eigenvalue weighted by Gasteiger charge is -2.42. The van der Waals surface area contributed by atoms with Crippen molar-refractivity contribution in [1.82, 2.24) is 9.80 Å². The normalized spacial score (nSPS) is 19.4. The van der Waals surface area contributed by atoms with Crippen LogP contribution in [-0.2, 0) is 4.79 Å². The highest BCUT2D eigenvalue weighted by Crippen LogP contribution is 2.26. The summed E-state index contributed by atoms with van der Waals surface area (Å²) < 4.78 is 50.0. The summed E-state index contributed by atoms with van der Waals surface area (Å²) in [6.07, 6.45) is -3.95. The SMILES string of the molecule is CC(C)(C)N1CCN(C(=O)C(F)(F)C(F)F)CC1. The van der Waals surface area contributed by atoms with E-state index in [1.165, 1.54) is 0 Å². The summed E-state index contributed by atoms with van der Waals surface area (Å²) in [7, 11) is 0. The molecule has 1 saturated heterocycles. The van der Waals surface area contributed by atoms with Crippen LogP contribution in [0, 0.1) is 0 Å². The Morgan fingerprint density at radius 1 is 1.06 bits per heavy atom. The molecule has 0 spiro atoms. The van der Waals surface area contributed by atoms with E-state index in [1.54, 1.807) is 0 Å². The van der Waals surface area contributed by atoms with Crippen molar-refractivity contribution < 1.29 is 22.4 Å². The van der Waals surface area contributed by atoms with Crippen LogP contribution in [0.1, 0.15) is 20.8 Å². The number of alkyl halides is 4. The monoisotopic (exact) mass is 270 g/mol. The van der Waals surface area contributed by atoms with Crippen molar-refractivity contribution in [2.75, 3.05) is 26.2 Å². The predicted molar refractivity (Wildman–Crippen MR) is 58.9 cm³/mol. The fourth-order valence-electron chi connectivity index (χ4n) is 1.88. The maximum Gasteiger partial charge on any atom is 0.383 e. The highest BCUT2D eigenvalue weighted by atomic mass is 19.3. The molecule has 0 aromatic heterocycles. The molecule has 1 aliphatic heterocycles. The molecule has 0 N–H and O–H groups in total. The molecule has 106 valence electrons. The number of hydrogen-bond acceptors (Lipinski definition) is 2. The van der Waals surface area contributed by atoms with E-state index in [1.807, 2.05) is 25.7 Å². The number of carbonyl (C=O) groups is 1. The first-order valence-corrected chi connectivity index (χ1v) is 5.77. The van der Waals surface area contributed by atoms with E-state index in [0.717, 1.165) is 4.90 Å². The molecular formula is C11H18F4N2O. The largest absolute Gasteiger partial charge is 0.383 e. The van der Waals surface area contributed by atoms with Gasteiger partial charge >= 0.3 is 12.3 Å². The van der Waals surface area contributed by atoms with Gasteiger partial charge in [0.1, 0.15) is 0 Å². The standard InChI is InChI=1S/C11H18F4N2O/c1-10(2,3)17-6-4-16(5-7-17)9(18)11(14,15)8(12)13/h8H,4-7H2,1-3H3. The second kappa shape index (κ2) is 5.03. The van der Waals surface area contributed by atoms with E-state index in [0.29, 0.717) is 13.1 Å². The Hall–Kier alpha value is -0.850. The molecule has 0 saturated carbocycles. The maximum absolute atomic E-state index is 12.9. The molecule has 1 rings (SSSR count). The van der Waals surface area contributed by atoms with Crippen LogP contribution < -0.4 is 0 Å². The summed E-state index contributed by atoms with van der Waals surface area (Å²) in [4.78, 5) is 14.1. The average Bonchev–Trinajstić information content (AvgIpc) is 2.26. The Labute approximate surface area is 104 Å². The fourth-order valence-corrected chi connectivity index (χ4v) is 1.88. The number of rotatable bonds is 2. The van der Waals surface area contributed by atoms with Crippen LogP contribution in [0.3, 0.4) is 0 Å². The molecule has 1 aliphatic rings. The molecule has 0 bridgehead atoms. The first-order valence-electron chi connectivity index (χ1n) is 5.77. The minimum absolute atomic E-state index is 0.0540. The molecule has 0 radical (unpaired) electrons. The van der Waals surface area contributed by atoms with Gasteiger partial charge in [-0.15, -0.1) is 0 Å². The second-order valence-electron chi connectivity index (χ2n) is 5.37. The second-order valence-corrected chi connectivity index (χ2v) is 5.37. The van der Waals surface area contributed by atoms with Crippen LogP contribution in [0.5, 0.6) is 0 Å². The van der Waals surface area contributed by atoms with Gasteiger partial charge in [-0.3, -0.25) is 9.69 Å². The fraction of sp³-hybridized carbons (Fsp3) is 0.909. The maximum atomic E-state index is 12.9. The van der Waals surface area contributed by atoms with Gasteiger partial charge in [0.15, 0.2) is 0 Å². The molecule has 0 aromatic carbocycles. The topological polar surface area (TPSA) is 23.6 Å². The van der Waals surface area contributed by atoms with Crippen LogP contribution >= 0.6 is 0 Å². The van der Waals surface area contributed by atoms with Gasteiger partial charge in [-0.05, 0) is 20.8 Å². The Morgan fingerprint density at radius 2 is 1.50 bits per heavy atom. The van der Waals surface area contributed by atoms with E-state index in [4.69, 9.17) is 0 Å². The third-order valence-electron chi connectivity index (χ3n) is 3.07. The summed E-state index contributed by atoms with van der Waals surface area (Å²) in [5.74, 6) is -6.35. The molecule has 0 aromatic rings. The van der Waals surface area contributed by atoms with Crippen molar-refractivity contribution in [3.8, 4) is 0 Å². The number of piperazine rings is 1. The van der Waals surface area contributed by atoms with Gasteiger partial charge in [0.25, 0.3) is 5.91 Å². The van der Waals surface area contributed by atoms with Crippen LogP contribution in [0.15, 0.2) is 0 Å². The van der Waals surface area contributed by atoms with Crippen LogP contribution in [0.2, 0.25) is 0 Å². The average molecular weight is 270 g/mol. The zero-order valence-electron chi connectivity index (χ0n) is 10.7. The van der Waals surface area contributed by atoms with Crippen LogP contribution in [0.25, 0.3) is 0 Å². The van der Waals surface area contributed by atoms with Crippen molar-refractivity contribution in [3.05, 3.63) is 0 Å². The number of hydrogen-bond donors (Lipinski definition) is 0. The smallest absolute Gasteiger partial charge is 0.335 e. The van der Waals surface area contributed by atoms with Crippen LogP contribution in [-0.4, -0.2) is 59.8 Å². The molecule has 0 atom stereocenters. The lowest BCUT2D eigenvalue weighted by atomic mass is 10.0.